The van der Waals surface area contributed by atoms with Gasteiger partial charge in [0.1, 0.15) is 0 Å². The van der Waals surface area contributed by atoms with Crippen LogP contribution in [-0.2, 0) is 22.4 Å². The summed E-state index contributed by atoms with van der Waals surface area (Å²) in [6.07, 6.45) is 3.12. The van der Waals surface area contributed by atoms with Crippen LogP contribution in [0.25, 0.3) is 0 Å². The molecule has 2 amide bonds. The highest BCUT2D eigenvalue weighted by atomic mass is 16.2. The average molecular weight is 348 g/mol. The smallest absolute Gasteiger partial charge is 0.222 e. The summed E-state index contributed by atoms with van der Waals surface area (Å²) >= 11 is 0. The number of amides is 2. The van der Waals surface area contributed by atoms with Crippen molar-refractivity contribution in [3.05, 3.63) is 70.8 Å². The topological polar surface area (TPSA) is 49.4 Å². The molecule has 0 bridgehead atoms. The molecule has 0 fully saturated rings. The molecule has 26 heavy (non-hydrogen) atoms. The number of nitrogens with zero attached hydrogens (tertiary/aromatic N) is 1. The van der Waals surface area contributed by atoms with Crippen LogP contribution in [0.15, 0.2) is 48.5 Å². The summed E-state index contributed by atoms with van der Waals surface area (Å²) in [5.41, 5.74) is 4.91. The molecule has 0 saturated heterocycles. The van der Waals surface area contributed by atoms with E-state index in [0.29, 0.717) is 13.0 Å². The summed E-state index contributed by atoms with van der Waals surface area (Å²) in [6, 6.07) is 16.4. The molecule has 1 aliphatic carbocycles. The number of nitrogens with one attached hydrogen (secondary N) is 1. The second-order valence-corrected chi connectivity index (χ2v) is 7.24. The van der Waals surface area contributed by atoms with Crippen LogP contribution in [0.1, 0.15) is 54.1 Å². The van der Waals surface area contributed by atoms with E-state index in [1.165, 1.54) is 16.7 Å². The number of rotatable bonds is 3. The molecule has 1 heterocycles. The lowest BCUT2D eigenvalue weighted by Crippen LogP contribution is -2.41. The van der Waals surface area contributed by atoms with Crippen molar-refractivity contribution < 1.29 is 9.59 Å². The van der Waals surface area contributed by atoms with Crippen molar-refractivity contribution in [2.24, 2.45) is 0 Å². The molecule has 1 N–H and O–H groups in total. The van der Waals surface area contributed by atoms with E-state index >= 15 is 0 Å². The minimum absolute atomic E-state index is 0.0136. The van der Waals surface area contributed by atoms with Crippen LogP contribution < -0.4 is 5.32 Å². The summed E-state index contributed by atoms with van der Waals surface area (Å²) < 4.78 is 0. The number of benzene rings is 2. The second kappa shape index (κ2) is 6.94. The maximum Gasteiger partial charge on any atom is 0.222 e. The molecule has 134 valence electrons. The Morgan fingerprint density at radius 1 is 1.00 bits per heavy atom. The molecule has 4 nitrogen and oxygen atoms in total. The zero-order chi connectivity index (χ0) is 18.1. The van der Waals surface area contributed by atoms with Crippen molar-refractivity contribution in [1.29, 1.82) is 0 Å². The standard InChI is InChI=1S/C22H24N2O2/c1-15(25)24-13-12-17-7-3-5-9-19(17)21(24)14-22(26)23-20-11-10-16-6-2-4-8-18(16)20/h2-9,20-21H,10-14H2,1H3,(H,23,26)/t20-,21-/m1/s1. The van der Waals surface area contributed by atoms with E-state index in [-0.39, 0.29) is 23.9 Å². The van der Waals surface area contributed by atoms with Gasteiger partial charge in [0.05, 0.1) is 18.5 Å². The average Bonchev–Trinajstić information content (AvgIpc) is 3.04. The maximum absolute atomic E-state index is 12.8. The molecule has 0 saturated carbocycles. The van der Waals surface area contributed by atoms with E-state index in [9.17, 15) is 9.59 Å². The van der Waals surface area contributed by atoms with E-state index in [1.54, 1.807) is 6.92 Å². The molecule has 0 spiro atoms. The van der Waals surface area contributed by atoms with Crippen molar-refractivity contribution in [3.63, 3.8) is 0 Å². The fourth-order valence-corrected chi connectivity index (χ4v) is 4.38. The monoisotopic (exact) mass is 348 g/mol. The molecule has 4 rings (SSSR count). The summed E-state index contributed by atoms with van der Waals surface area (Å²) in [4.78, 5) is 26.7. The lowest BCUT2D eigenvalue weighted by molar-refractivity contribution is -0.133. The molecule has 0 aromatic heterocycles. The van der Waals surface area contributed by atoms with Crippen molar-refractivity contribution in [1.82, 2.24) is 10.2 Å². The number of hydrogen-bond acceptors (Lipinski definition) is 2. The fraction of sp³-hybridized carbons (Fsp3) is 0.364. The number of aryl methyl sites for hydroxylation is 1. The highest BCUT2D eigenvalue weighted by Crippen LogP contribution is 2.34. The van der Waals surface area contributed by atoms with Gasteiger partial charge < -0.3 is 10.2 Å². The van der Waals surface area contributed by atoms with Gasteiger partial charge in [0.2, 0.25) is 11.8 Å². The fourth-order valence-electron chi connectivity index (χ4n) is 4.38. The van der Waals surface area contributed by atoms with Crippen LogP contribution in [0.5, 0.6) is 0 Å². The first-order valence-electron chi connectivity index (χ1n) is 9.35. The zero-order valence-electron chi connectivity index (χ0n) is 15.1. The van der Waals surface area contributed by atoms with Gasteiger partial charge in [-0.1, -0.05) is 48.5 Å². The highest BCUT2D eigenvalue weighted by molar-refractivity contribution is 5.80. The molecular weight excluding hydrogens is 324 g/mol. The first kappa shape index (κ1) is 16.8. The summed E-state index contributed by atoms with van der Waals surface area (Å²) in [5, 5.41) is 3.20. The van der Waals surface area contributed by atoms with E-state index in [0.717, 1.165) is 24.8 Å². The van der Waals surface area contributed by atoms with Crippen LogP contribution in [0.3, 0.4) is 0 Å². The lowest BCUT2D eigenvalue weighted by Gasteiger charge is -2.36. The Labute approximate surface area is 154 Å². The Balaban J connectivity index is 1.52. The molecule has 0 radical (unpaired) electrons. The Hall–Kier alpha value is -2.62. The predicted molar refractivity (Wildman–Crippen MR) is 101 cm³/mol. The first-order chi connectivity index (χ1) is 12.6. The Morgan fingerprint density at radius 2 is 1.65 bits per heavy atom. The Bertz CT molecular complexity index is 846. The first-order valence-corrected chi connectivity index (χ1v) is 9.35. The van der Waals surface area contributed by atoms with Crippen molar-refractivity contribution in [3.8, 4) is 0 Å². The number of hydrogen-bond donors (Lipinski definition) is 1. The quantitative estimate of drug-likeness (QED) is 0.925. The Kier molecular flexibility index (Phi) is 4.49. The van der Waals surface area contributed by atoms with Gasteiger partial charge >= 0.3 is 0 Å². The van der Waals surface area contributed by atoms with Gasteiger partial charge in [-0.2, -0.15) is 0 Å². The number of carbonyl (C=O) groups is 2. The number of carbonyl (C=O) groups excluding carboxylic acids is 2. The van der Waals surface area contributed by atoms with Crippen molar-refractivity contribution in [2.75, 3.05) is 6.54 Å². The normalized spacial score (nSPS) is 21.0. The van der Waals surface area contributed by atoms with Gasteiger partial charge in [-0.15, -0.1) is 0 Å². The van der Waals surface area contributed by atoms with Gasteiger partial charge in [0, 0.05) is 13.5 Å². The summed E-state index contributed by atoms with van der Waals surface area (Å²) in [6.45, 7) is 2.27. The third-order valence-electron chi connectivity index (χ3n) is 5.66. The largest absolute Gasteiger partial charge is 0.349 e. The molecule has 2 aliphatic rings. The number of fused-ring (bicyclic) bond motifs is 2. The van der Waals surface area contributed by atoms with Gasteiger partial charge in [-0.25, -0.2) is 0 Å². The summed E-state index contributed by atoms with van der Waals surface area (Å²) in [5.74, 6) is 0.0446. The second-order valence-electron chi connectivity index (χ2n) is 7.24. The van der Waals surface area contributed by atoms with Crippen LogP contribution in [-0.4, -0.2) is 23.3 Å². The zero-order valence-corrected chi connectivity index (χ0v) is 15.1. The third kappa shape index (κ3) is 3.12. The van der Waals surface area contributed by atoms with Crippen LogP contribution >= 0.6 is 0 Å². The van der Waals surface area contributed by atoms with Gasteiger partial charge in [-0.3, -0.25) is 9.59 Å². The van der Waals surface area contributed by atoms with E-state index < -0.39 is 0 Å². The van der Waals surface area contributed by atoms with Crippen LogP contribution in [0.4, 0.5) is 0 Å². The molecule has 1 aliphatic heterocycles. The van der Waals surface area contributed by atoms with E-state index in [1.807, 2.05) is 35.2 Å². The SMILES string of the molecule is CC(=O)N1CCc2ccccc2[C@H]1CC(=O)N[C@@H]1CCc2ccccc21. The van der Waals surface area contributed by atoms with Crippen LogP contribution in [0, 0.1) is 0 Å². The Morgan fingerprint density at radius 3 is 2.38 bits per heavy atom. The molecule has 4 heteroatoms. The van der Waals surface area contributed by atoms with Gasteiger partial charge in [0.15, 0.2) is 0 Å². The third-order valence-corrected chi connectivity index (χ3v) is 5.66. The highest BCUT2D eigenvalue weighted by Gasteiger charge is 2.32. The molecule has 2 aromatic rings. The molecule has 2 aromatic carbocycles. The van der Waals surface area contributed by atoms with Gasteiger partial charge in [-0.05, 0) is 41.5 Å². The molecule has 0 unspecified atom stereocenters. The van der Waals surface area contributed by atoms with E-state index in [2.05, 4.69) is 23.5 Å². The molecular formula is C22H24N2O2. The molecule has 2 atom stereocenters. The van der Waals surface area contributed by atoms with Crippen molar-refractivity contribution >= 4 is 11.8 Å². The van der Waals surface area contributed by atoms with E-state index in [4.69, 9.17) is 0 Å². The van der Waals surface area contributed by atoms with Crippen LogP contribution in [0.2, 0.25) is 0 Å². The maximum atomic E-state index is 12.8. The minimum atomic E-state index is -0.172. The van der Waals surface area contributed by atoms with Crippen molar-refractivity contribution in [2.45, 2.75) is 44.7 Å². The summed E-state index contributed by atoms with van der Waals surface area (Å²) in [7, 11) is 0. The minimum Gasteiger partial charge on any atom is -0.349 e. The lowest BCUT2D eigenvalue weighted by atomic mass is 9.90. The van der Waals surface area contributed by atoms with Gasteiger partial charge in [0.25, 0.3) is 0 Å². The predicted octanol–water partition coefficient (Wildman–Crippen LogP) is 3.33.